The van der Waals surface area contributed by atoms with E-state index in [1.165, 1.54) is 5.56 Å². The zero-order valence-corrected chi connectivity index (χ0v) is 22.4. The van der Waals surface area contributed by atoms with Crippen molar-refractivity contribution < 1.29 is 0 Å². The van der Waals surface area contributed by atoms with E-state index in [-0.39, 0.29) is 0 Å². The molecule has 0 aliphatic carbocycles. The third-order valence-corrected chi connectivity index (χ3v) is 7.71. The summed E-state index contributed by atoms with van der Waals surface area (Å²) in [5, 5.41) is 10.2. The Kier molecular flexibility index (Phi) is 6.72. The van der Waals surface area contributed by atoms with E-state index in [1.807, 2.05) is 6.20 Å². The Hall–Kier alpha value is -4.28. The normalized spacial score (nSPS) is 11.4. The number of nitrogens with zero attached hydrogens (tertiary/aromatic N) is 3. The molecule has 0 aliphatic rings. The van der Waals surface area contributed by atoms with Crippen LogP contribution in [0.3, 0.4) is 0 Å². The molecule has 0 bridgehead atoms. The van der Waals surface area contributed by atoms with Crippen LogP contribution < -0.4 is 0 Å². The van der Waals surface area contributed by atoms with E-state index in [2.05, 4.69) is 165 Å². The van der Waals surface area contributed by atoms with Gasteiger partial charge in [0.1, 0.15) is 5.54 Å². The lowest BCUT2D eigenvalue weighted by Gasteiger charge is -2.37. The first-order valence-electron chi connectivity index (χ1n) is 12.6. The predicted octanol–water partition coefficient (Wildman–Crippen LogP) is 8.35. The third-order valence-electron chi connectivity index (χ3n) is 7.06. The van der Waals surface area contributed by atoms with Gasteiger partial charge in [-0.25, -0.2) is 4.68 Å². The molecule has 0 radical (unpaired) electrons. The van der Waals surface area contributed by atoms with Gasteiger partial charge in [-0.2, -0.15) is 0 Å². The van der Waals surface area contributed by atoms with Gasteiger partial charge in [0.2, 0.25) is 0 Å². The maximum Gasteiger partial charge on any atom is 0.140 e. The summed E-state index contributed by atoms with van der Waals surface area (Å²) in [5.74, 6) is 0. The molecule has 6 aromatic rings. The first-order chi connectivity index (χ1) is 18.8. The Morgan fingerprint density at radius 1 is 0.553 bits per heavy atom. The predicted molar refractivity (Wildman–Crippen MR) is 158 cm³/mol. The second-order valence-corrected chi connectivity index (χ2v) is 9.78. The Morgan fingerprint density at radius 3 is 1.53 bits per heavy atom. The van der Waals surface area contributed by atoms with Crippen molar-refractivity contribution in [3.63, 3.8) is 0 Å². The van der Waals surface area contributed by atoms with E-state index in [1.54, 1.807) is 0 Å². The molecule has 5 aromatic carbocycles. The number of halogens is 1. The van der Waals surface area contributed by atoms with Gasteiger partial charge in [0, 0.05) is 10.9 Å². The topological polar surface area (TPSA) is 30.7 Å². The van der Waals surface area contributed by atoms with Gasteiger partial charge >= 0.3 is 0 Å². The SMILES string of the molecule is BrCc1ccc(-c2ccccc2-c2cnnn2C(c2ccccc2)(c2ccccc2)c2ccccc2)cc1. The summed E-state index contributed by atoms with van der Waals surface area (Å²) in [6, 6.07) is 49.0. The highest BCUT2D eigenvalue weighted by atomic mass is 79.9. The van der Waals surface area contributed by atoms with Crippen LogP contribution >= 0.6 is 15.9 Å². The smallest absolute Gasteiger partial charge is 0.140 e. The van der Waals surface area contributed by atoms with Crippen molar-refractivity contribution >= 4 is 15.9 Å². The largest absolute Gasteiger partial charge is 0.225 e. The number of hydrogen-bond donors (Lipinski definition) is 0. The van der Waals surface area contributed by atoms with Crippen LogP contribution in [0, 0.1) is 0 Å². The molecule has 0 saturated heterocycles. The molecule has 1 heterocycles. The molecule has 0 N–H and O–H groups in total. The second-order valence-electron chi connectivity index (χ2n) is 9.22. The number of hydrogen-bond acceptors (Lipinski definition) is 2. The molecular formula is C34H26BrN3. The molecule has 3 nitrogen and oxygen atoms in total. The van der Waals surface area contributed by atoms with Crippen molar-refractivity contribution in [1.29, 1.82) is 0 Å². The standard InChI is InChI=1S/C34H26BrN3/c35-24-26-20-22-27(23-21-26)31-18-10-11-19-32(31)33-25-36-37-38(33)34(28-12-4-1-5-13-28,29-14-6-2-7-15-29)30-16-8-3-9-17-30/h1-23,25H,24H2. The zero-order chi connectivity index (χ0) is 25.8. The maximum absolute atomic E-state index is 4.82. The Morgan fingerprint density at radius 2 is 1.03 bits per heavy atom. The van der Waals surface area contributed by atoms with Gasteiger partial charge in [-0.05, 0) is 33.4 Å². The van der Waals surface area contributed by atoms with E-state index in [9.17, 15) is 0 Å². The molecule has 0 atom stereocenters. The molecule has 4 heteroatoms. The van der Waals surface area contributed by atoms with Crippen LogP contribution in [0.25, 0.3) is 22.4 Å². The average Bonchev–Trinajstić information content (AvgIpc) is 3.49. The average molecular weight is 557 g/mol. The van der Waals surface area contributed by atoms with Crippen molar-refractivity contribution in [3.8, 4) is 22.4 Å². The lowest BCUT2D eigenvalue weighted by atomic mass is 9.76. The van der Waals surface area contributed by atoms with Gasteiger partial charge < -0.3 is 0 Å². The van der Waals surface area contributed by atoms with Crippen molar-refractivity contribution in [2.24, 2.45) is 0 Å². The highest BCUT2D eigenvalue weighted by Gasteiger charge is 2.41. The second kappa shape index (κ2) is 10.6. The lowest BCUT2D eigenvalue weighted by Crippen LogP contribution is -2.39. The van der Waals surface area contributed by atoms with Gasteiger partial charge in [-0.3, -0.25) is 0 Å². The minimum atomic E-state index is -0.734. The van der Waals surface area contributed by atoms with E-state index in [0.717, 1.165) is 44.4 Å². The van der Waals surface area contributed by atoms with Gasteiger partial charge in [0.05, 0.1) is 11.9 Å². The highest BCUT2D eigenvalue weighted by Crippen LogP contribution is 2.43. The van der Waals surface area contributed by atoms with E-state index in [4.69, 9.17) is 5.21 Å². The van der Waals surface area contributed by atoms with Crippen LogP contribution in [0.5, 0.6) is 0 Å². The van der Waals surface area contributed by atoms with Crippen molar-refractivity contribution in [1.82, 2.24) is 15.0 Å². The summed E-state index contributed by atoms with van der Waals surface area (Å²) in [7, 11) is 0. The Balaban J connectivity index is 1.66. The molecule has 0 aliphatic heterocycles. The lowest BCUT2D eigenvalue weighted by molar-refractivity contribution is 0.451. The summed E-state index contributed by atoms with van der Waals surface area (Å²) >= 11 is 3.56. The van der Waals surface area contributed by atoms with Gasteiger partial charge in [-0.1, -0.05) is 161 Å². The summed E-state index contributed by atoms with van der Waals surface area (Å²) < 4.78 is 2.10. The Labute approximate surface area is 231 Å². The van der Waals surface area contributed by atoms with E-state index in [0.29, 0.717) is 0 Å². The van der Waals surface area contributed by atoms with Crippen molar-refractivity contribution in [3.05, 3.63) is 168 Å². The number of benzene rings is 5. The summed E-state index contributed by atoms with van der Waals surface area (Å²) in [6.45, 7) is 0. The third kappa shape index (κ3) is 4.17. The zero-order valence-electron chi connectivity index (χ0n) is 20.8. The first kappa shape index (κ1) is 24.1. The Bertz CT molecular complexity index is 1530. The molecule has 0 unspecified atom stereocenters. The number of alkyl halides is 1. The molecule has 184 valence electrons. The maximum atomic E-state index is 4.82. The number of rotatable bonds is 7. The molecule has 0 fully saturated rings. The van der Waals surface area contributed by atoms with Gasteiger partial charge in [0.15, 0.2) is 0 Å². The van der Waals surface area contributed by atoms with Crippen LogP contribution in [-0.4, -0.2) is 15.0 Å². The van der Waals surface area contributed by atoms with Crippen molar-refractivity contribution in [2.45, 2.75) is 10.9 Å². The summed E-state index contributed by atoms with van der Waals surface area (Å²) in [6.07, 6.45) is 1.88. The molecule has 0 saturated carbocycles. The molecule has 38 heavy (non-hydrogen) atoms. The molecular weight excluding hydrogens is 530 g/mol. The molecule has 6 rings (SSSR count). The van der Waals surface area contributed by atoms with Crippen LogP contribution in [0.2, 0.25) is 0 Å². The van der Waals surface area contributed by atoms with Crippen LogP contribution in [0.1, 0.15) is 22.3 Å². The minimum absolute atomic E-state index is 0.734. The molecule has 0 amide bonds. The fourth-order valence-corrected chi connectivity index (χ4v) is 5.68. The van der Waals surface area contributed by atoms with Crippen LogP contribution in [0.4, 0.5) is 0 Å². The quantitative estimate of drug-likeness (QED) is 0.146. The highest BCUT2D eigenvalue weighted by molar-refractivity contribution is 9.08. The first-order valence-corrected chi connectivity index (χ1v) is 13.8. The molecule has 0 spiro atoms. The van der Waals surface area contributed by atoms with Crippen LogP contribution in [0.15, 0.2) is 146 Å². The summed E-state index contributed by atoms with van der Waals surface area (Å²) in [4.78, 5) is 0. The molecule has 1 aromatic heterocycles. The minimum Gasteiger partial charge on any atom is -0.225 e. The van der Waals surface area contributed by atoms with Crippen LogP contribution in [-0.2, 0) is 10.9 Å². The van der Waals surface area contributed by atoms with Gasteiger partial charge in [-0.15, -0.1) is 5.10 Å². The van der Waals surface area contributed by atoms with E-state index >= 15 is 0 Å². The number of aromatic nitrogens is 3. The van der Waals surface area contributed by atoms with Gasteiger partial charge in [0.25, 0.3) is 0 Å². The van der Waals surface area contributed by atoms with E-state index < -0.39 is 5.54 Å². The fourth-order valence-electron chi connectivity index (χ4n) is 5.30. The fraction of sp³-hybridized carbons (Fsp3) is 0.0588. The monoisotopic (exact) mass is 555 g/mol. The van der Waals surface area contributed by atoms with Crippen molar-refractivity contribution in [2.75, 3.05) is 0 Å². The summed E-state index contributed by atoms with van der Waals surface area (Å²) in [5.41, 5.74) is 8.17.